The average molecular weight is 116 g/mol. The number of rotatable bonds is 0. The van der Waals surface area contributed by atoms with E-state index in [0.29, 0.717) is 0 Å². The normalized spacial score (nSPS) is 30.0. The number of nitrogens with zero attached hydrogens (tertiary/aromatic N) is 1. The summed E-state index contributed by atoms with van der Waals surface area (Å²) in [4.78, 5) is 0. The fraction of sp³-hybridized carbons (Fsp3) is 0.333. The second kappa shape index (κ2) is 2.10. The molecule has 1 rings (SSSR count). The molecule has 1 aliphatic heterocycles. The molecule has 5 N–H and O–H groups in total. The molecule has 5 heteroatoms. The molecule has 46 valence electrons. The lowest BCUT2D eigenvalue weighted by Gasteiger charge is -2.23. The predicted molar refractivity (Wildman–Crippen MR) is 27.4 cm³/mol. The molecule has 8 heavy (non-hydrogen) atoms. The fourth-order valence-electron chi connectivity index (χ4n) is 0.437. The molecule has 0 amide bonds. The molecule has 1 heterocycles. The van der Waals surface area contributed by atoms with Crippen LogP contribution in [-0.2, 0) is 0 Å². The van der Waals surface area contributed by atoms with E-state index in [1.807, 2.05) is 0 Å². The zero-order valence-electron chi connectivity index (χ0n) is 4.20. The molecule has 1 aliphatic rings. The lowest BCUT2D eigenvalue weighted by atomic mass is 10.5. The number of nitrogens with one attached hydrogen (secondary N) is 2. The Hall–Kier alpha value is -0.620. The van der Waals surface area contributed by atoms with Crippen LogP contribution in [0.4, 0.5) is 0 Å². The van der Waals surface area contributed by atoms with Gasteiger partial charge in [0.1, 0.15) is 6.23 Å². The number of aliphatic hydroxyl groups excluding tert-OH is 1. The van der Waals surface area contributed by atoms with Crippen LogP contribution in [0.25, 0.3) is 0 Å². The summed E-state index contributed by atoms with van der Waals surface area (Å²) >= 11 is 0. The summed E-state index contributed by atoms with van der Waals surface area (Å²) < 4.78 is 0. The van der Waals surface area contributed by atoms with Crippen molar-refractivity contribution in [3.63, 3.8) is 0 Å². The third-order valence-electron chi connectivity index (χ3n) is 0.763. The summed E-state index contributed by atoms with van der Waals surface area (Å²) in [5.41, 5.74) is 5.02. The minimum absolute atomic E-state index is 0.679. The van der Waals surface area contributed by atoms with Gasteiger partial charge in [-0.05, 0) is 6.08 Å². The lowest BCUT2D eigenvalue weighted by Crippen LogP contribution is -2.56. The molecule has 0 aromatic carbocycles. The van der Waals surface area contributed by atoms with Crippen molar-refractivity contribution in [2.24, 2.45) is 5.84 Å². The van der Waals surface area contributed by atoms with Gasteiger partial charge >= 0.3 is 0 Å². The van der Waals surface area contributed by atoms with E-state index >= 15 is 0 Å². The molecular formula is C3H8N4O. The summed E-state index contributed by atoms with van der Waals surface area (Å²) in [5.74, 6) is 5.12. The first kappa shape index (κ1) is 5.52. The quantitative estimate of drug-likeness (QED) is 0.276. The molecule has 0 aliphatic carbocycles. The highest BCUT2D eigenvalue weighted by Gasteiger charge is 2.04. The second-order valence-corrected chi connectivity index (χ2v) is 1.43. The van der Waals surface area contributed by atoms with Crippen molar-refractivity contribution in [1.29, 1.82) is 0 Å². The predicted octanol–water partition coefficient (Wildman–Crippen LogP) is -1.98. The fourth-order valence-corrected chi connectivity index (χ4v) is 0.437. The minimum Gasteiger partial charge on any atom is -0.374 e. The third-order valence-corrected chi connectivity index (χ3v) is 0.763. The number of aliphatic hydroxyl groups is 1. The zero-order chi connectivity index (χ0) is 5.98. The van der Waals surface area contributed by atoms with Crippen LogP contribution < -0.4 is 16.7 Å². The Balaban J connectivity index is 2.42. The topological polar surface area (TPSA) is 73.5 Å². The summed E-state index contributed by atoms with van der Waals surface area (Å²) in [6.07, 6.45) is 2.39. The molecule has 0 saturated carbocycles. The highest BCUT2D eigenvalue weighted by Crippen LogP contribution is 1.83. The van der Waals surface area contributed by atoms with Crippen molar-refractivity contribution in [1.82, 2.24) is 16.1 Å². The number of hydrogen-bond acceptors (Lipinski definition) is 5. The first-order valence-electron chi connectivity index (χ1n) is 2.21. The smallest absolute Gasteiger partial charge is 0.141 e. The van der Waals surface area contributed by atoms with Crippen LogP contribution in [0.2, 0.25) is 0 Å². The van der Waals surface area contributed by atoms with Crippen LogP contribution in [-0.4, -0.2) is 16.6 Å². The molecule has 5 nitrogen and oxygen atoms in total. The van der Waals surface area contributed by atoms with Crippen LogP contribution in [0, 0.1) is 0 Å². The van der Waals surface area contributed by atoms with Gasteiger partial charge < -0.3 is 5.11 Å². The molecule has 0 spiro atoms. The Kier molecular flexibility index (Phi) is 1.45. The highest BCUT2D eigenvalue weighted by molar-refractivity contribution is 4.86. The first-order valence-corrected chi connectivity index (χ1v) is 2.21. The largest absolute Gasteiger partial charge is 0.374 e. The number of hydrazine groups is 3. The molecular weight excluding hydrogens is 108 g/mol. The van der Waals surface area contributed by atoms with Gasteiger partial charge in [0, 0.05) is 6.20 Å². The van der Waals surface area contributed by atoms with Crippen molar-refractivity contribution >= 4 is 0 Å². The van der Waals surface area contributed by atoms with Crippen molar-refractivity contribution in [2.45, 2.75) is 6.23 Å². The van der Waals surface area contributed by atoms with Gasteiger partial charge in [-0.2, -0.15) is 5.43 Å². The van der Waals surface area contributed by atoms with Gasteiger partial charge in [-0.3, -0.25) is 5.43 Å². The molecule has 0 aromatic heterocycles. The van der Waals surface area contributed by atoms with Crippen molar-refractivity contribution in [3.8, 4) is 0 Å². The van der Waals surface area contributed by atoms with Gasteiger partial charge in [0.25, 0.3) is 0 Å². The number of hydrogen-bond donors (Lipinski definition) is 4. The lowest BCUT2D eigenvalue weighted by molar-refractivity contribution is 0.0260. The van der Waals surface area contributed by atoms with E-state index in [-0.39, 0.29) is 0 Å². The molecule has 0 aromatic rings. The minimum atomic E-state index is -0.679. The average Bonchev–Trinajstić information content (AvgIpc) is 1.64. The van der Waals surface area contributed by atoms with Crippen LogP contribution in [0.15, 0.2) is 12.3 Å². The maximum Gasteiger partial charge on any atom is 0.141 e. The van der Waals surface area contributed by atoms with Crippen molar-refractivity contribution in [3.05, 3.63) is 12.3 Å². The van der Waals surface area contributed by atoms with Crippen molar-refractivity contribution in [2.75, 3.05) is 0 Å². The Labute approximate surface area is 46.7 Å². The third kappa shape index (κ3) is 1.17. The molecule has 0 radical (unpaired) electrons. The van der Waals surface area contributed by atoms with Gasteiger partial charge in [-0.1, -0.05) is 5.23 Å². The molecule has 1 unspecified atom stereocenters. The Morgan fingerprint density at radius 3 is 2.88 bits per heavy atom. The summed E-state index contributed by atoms with van der Waals surface area (Å²) in [6, 6.07) is 0. The maximum atomic E-state index is 8.72. The first-order chi connectivity index (χ1) is 3.79. The molecule has 1 atom stereocenters. The van der Waals surface area contributed by atoms with Gasteiger partial charge in [0.2, 0.25) is 0 Å². The molecule has 0 saturated heterocycles. The van der Waals surface area contributed by atoms with Crippen molar-refractivity contribution < 1.29 is 5.11 Å². The SMILES string of the molecule is NN1NC=CC(O)N1. The van der Waals surface area contributed by atoms with Crippen LogP contribution in [0.5, 0.6) is 0 Å². The van der Waals surface area contributed by atoms with Gasteiger partial charge in [-0.15, -0.1) is 0 Å². The summed E-state index contributed by atoms with van der Waals surface area (Å²) in [5, 5.41) is 9.79. The molecule has 0 fully saturated rings. The number of nitrogens with two attached hydrogens (primary N) is 1. The van der Waals surface area contributed by atoms with E-state index in [0.717, 1.165) is 5.23 Å². The highest BCUT2D eigenvalue weighted by atomic mass is 16.3. The Morgan fingerprint density at radius 1 is 1.75 bits per heavy atom. The van der Waals surface area contributed by atoms with E-state index in [1.165, 1.54) is 6.08 Å². The van der Waals surface area contributed by atoms with Gasteiger partial charge in [-0.25, -0.2) is 5.84 Å². The van der Waals surface area contributed by atoms with Crippen LogP contribution in [0.3, 0.4) is 0 Å². The van der Waals surface area contributed by atoms with Crippen LogP contribution >= 0.6 is 0 Å². The summed E-state index contributed by atoms with van der Waals surface area (Å²) in [7, 11) is 0. The second-order valence-electron chi connectivity index (χ2n) is 1.43. The maximum absolute atomic E-state index is 8.72. The Morgan fingerprint density at radius 2 is 2.50 bits per heavy atom. The zero-order valence-corrected chi connectivity index (χ0v) is 4.20. The standard InChI is InChI=1S/C3H8N4O/c4-7-5-2-1-3(8)6-7/h1-3,5-6,8H,4H2. The van der Waals surface area contributed by atoms with E-state index in [4.69, 9.17) is 10.9 Å². The van der Waals surface area contributed by atoms with Gasteiger partial charge in [0.05, 0.1) is 0 Å². The molecule has 0 bridgehead atoms. The monoisotopic (exact) mass is 116 g/mol. The van der Waals surface area contributed by atoms with E-state index in [1.54, 1.807) is 6.20 Å². The van der Waals surface area contributed by atoms with E-state index in [2.05, 4.69) is 10.9 Å². The van der Waals surface area contributed by atoms with E-state index in [9.17, 15) is 0 Å². The van der Waals surface area contributed by atoms with E-state index < -0.39 is 6.23 Å². The Bertz CT molecular complexity index is 103. The van der Waals surface area contributed by atoms with Gasteiger partial charge in [0.15, 0.2) is 0 Å². The van der Waals surface area contributed by atoms with Crippen LogP contribution in [0.1, 0.15) is 0 Å². The summed E-state index contributed by atoms with van der Waals surface area (Å²) in [6.45, 7) is 0.